The fourth-order valence-electron chi connectivity index (χ4n) is 3.55. The highest BCUT2D eigenvalue weighted by Gasteiger charge is 2.25. The number of thioether (sulfide) groups is 1. The second-order valence-corrected chi connectivity index (χ2v) is 9.79. The van der Waals surface area contributed by atoms with Crippen molar-refractivity contribution in [1.82, 2.24) is 8.96 Å². The molecule has 152 valence electrons. The molecule has 0 amide bonds. The van der Waals surface area contributed by atoms with E-state index in [0.29, 0.717) is 24.1 Å². The maximum atomic E-state index is 12.5. The minimum absolute atomic E-state index is 0.191. The van der Waals surface area contributed by atoms with Crippen LogP contribution in [0, 0.1) is 5.92 Å². The summed E-state index contributed by atoms with van der Waals surface area (Å²) in [6.45, 7) is 3.77. The van der Waals surface area contributed by atoms with Crippen LogP contribution in [0.4, 0.5) is 5.69 Å². The lowest BCUT2D eigenvalue weighted by Crippen LogP contribution is -2.28. The van der Waals surface area contributed by atoms with Crippen LogP contribution in [0.25, 0.3) is 11.0 Å². The minimum Gasteiger partial charge on any atom is -0.462 e. The molecular weight excluding hydrogens is 509 g/mol. The van der Waals surface area contributed by atoms with Crippen LogP contribution >= 0.6 is 42.1 Å². The maximum absolute atomic E-state index is 12.5. The van der Waals surface area contributed by atoms with Crippen molar-refractivity contribution in [2.45, 2.75) is 45.6 Å². The van der Waals surface area contributed by atoms with E-state index in [1.807, 2.05) is 16.2 Å². The molecule has 3 rings (SSSR count). The summed E-state index contributed by atoms with van der Waals surface area (Å²) in [4.78, 5) is 28.2. The van der Waals surface area contributed by atoms with Crippen LogP contribution in [0.15, 0.2) is 18.5 Å². The topological polar surface area (TPSA) is 73.2 Å². The molecule has 0 spiro atoms. The molecule has 0 unspecified atom stereocenters. The van der Waals surface area contributed by atoms with E-state index in [4.69, 9.17) is 4.74 Å². The number of anilines is 1. The molecule has 6 nitrogen and oxygen atoms in total. The number of carbonyl (C=O) groups excluding carboxylic acids is 2. The molecule has 28 heavy (non-hydrogen) atoms. The Labute approximate surface area is 185 Å². The number of carbonyl (C=O) groups is 2. The van der Waals surface area contributed by atoms with Gasteiger partial charge in [-0.25, -0.2) is 9.78 Å². The van der Waals surface area contributed by atoms with Crippen molar-refractivity contribution in [2.75, 3.05) is 17.7 Å². The van der Waals surface area contributed by atoms with Crippen molar-refractivity contribution in [3.05, 3.63) is 24.0 Å². The lowest BCUT2D eigenvalue weighted by atomic mass is 9.87. The maximum Gasteiger partial charge on any atom is 0.341 e. The van der Waals surface area contributed by atoms with Crippen LogP contribution in [-0.4, -0.2) is 38.4 Å². The molecule has 1 fully saturated rings. The summed E-state index contributed by atoms with van der Waals surface area (Å²) in [6, 6.07) is 2.29. The molecular formula is C19H24IN3O3S2. The van der Waals surface area contributed by atoms with Gasteiger partial charge in [0.05, 0.1) is 12.3 Å². The van der Waals surface area contributed by atoms with E-state index in [1.165, 1.54) is 11.8 Å². The molecule has 2 heterocycles. The van der Waals surface area contributed by atoms with E-state index < -0.39 is 0 Å². The predicted molar refractivity (Wildman–Crippen MR) is 125 cm³/mol. The smallest absolute Gasteiger partial charge is 0.341 e. The quantitative estimate of drug-likeness (QED) is 0.382. The van der Waals surface area contributed by atoms with Crippen molar-refractivity contribution in [2.24, 2.45) is 5.92 Å². The molecule has 0 radical (unpaired) electrons. The van der Waals surface area contributed by atoms with Gasteiger partial charge in [0.15, 0.2) is 10.8 Å². The standard InChI is InChI=1S/C19H24IN3O3S2/c1-3-26-19(25)16-10-21-18-15(8-9-23(18)28-20)17(16)22-14-6-4-13(5-7-14)11-27-12(2)24/h8-10,13-14H,3-7,11H2,1-2H3,(H,21,22)/t13-,14-. The Bertz CT molecular complexity index is 850. The van der Waals surface area contributed by atoms with Crippen molar-refractivity contribution in [1.29, 1.82) is 0 Å². The summed E-state index contributed by atoms with van der Waals surface area (Å²) in [5, 5.41) is 4.74. The molecule has 9 heteroatoms. The average molecular weight is 533 g/mol. The SMILES string of the molecule is CCOC(=O)c1cnc2c(ccn2SI)c1N[C@H]1CC[C@H](CSC(C)=O)CC1. The monoisotopic (exact) mass is 533 g/mol. The van der Waals surface area contributed by atoms with Gasteiger partial charge in [-0.05, 0) is 44.6 Å². The van der Waals surface area contributed by atoms with Gasteiger partial charge in [0.2, 0.25) is 0 Å². The Kier molecular flexibility index (Phi) is 7.93. The number of rotatable bonds is 7. The van der Waals surface area contributed by atoms with Crippen LogP contribution in [-0.2, 0) is 9.53 Å². The highest BCUT2D eigenvalue weighted by atomic mass is 127. The van der Waals surface area contributed by atoms with Gasteiger partial charge in [-0.3, -0.25) is 8.77 Å². The van der Waals surface area contributed by atoms with Crippen LogP contribution < -0.4 is 5.32 Å². The number of nitrogens with zero attached hydrogens (tertiary/aromatic N) is 2. The first-order valence-corrected chi connectivity index (χ1v) is 13.7. The zero-order valence-corrected chi connectivity index (χ0v) is 19.7. The molecule has 1 aliphatic carbocycles. The molecule has 0 bridgehead atoms. The number of nitrogens with one attached hydrogen (secondary N) is 1. The molecule has 1 saturated carbocycles. The summed E-state index contributed by atoms with van der Waals surface area (Å²) in [7, 11) is 1.54. The summed E-state index contributed by atoms with van der Waals surface area (Å²) >= 11 is 3.64. The summed E-state index contributed by atoms with van der Waals surface area (Å²) < 4.78 is 7.22. The van der Waals surface area contributed by atoms with E-state index in [-0.39, 0.29) is 11.1 Å². The van der Waals surface area contributed by atoms with E-state index in [0.717, 1.165) is 48.2 Å². The largest absolute Gasteiger partial charge is 0.462 e. The highest BCUT2D eigenvalue weighted by molar-refractivity contribution is 14.2. The van der Waals surface area contributed by atoms with Crippen LogP contribution in [0.2, 0.25) is 0 Å². The van der Waals surface area contributed by atoms with Crippen LogP contribution in [0.5, 0.6) is 0 Å². The van der Waals surface area contributed by atoms with Crippen molar-refractivity contribution in [3.63, 3.8) is 0 Å². The van der Waals surface area contributed by atoms with Gasteiger partial charge in [0.1, 0.15) is 5.56 Å². The van der Waals surface area contributed by atoms with Crippen LogP contribution in [0.1, 0.15) is 49.9 Å². The van der Waals surface area contributed by atoms with Crippen molar-refractivity contribution >= 4 is 69.9 Å². The van der Waals surface area contributed by atoms with E-state index in [1.54, 1.807) is 29.2 Å². The number of hydrogen-bond donors (Lipinski definition) is 1. The summed E-state index contributed by atoms with van der Waals surface area (Å²) in [6.07, 6.45) is 7.80. The number of ether oxygens (including phenoxy) is 1. The van der Waals surface area contributed by atoms with Gasteiger partial charge < -0.3 is 10.1 Å². The Morgan fingerprint density at radius 2 is 2.11 bits per heavy atom. The number of halogens is 1. The van der Waals surface area contributed by atoms with Gasteiger partial charge in [0, 0.05) is 66.8 Å². The average Bonchev–Trinajstić information content (AvgIpc) is 3.11. The van der Waals surface area contributed by atoms with Gasteiger partial charge in [-0.1, -0.05) is 11.8 Å². The Hall–Kier alpha value is -0.940. The predicted octanol–water partition coefficient (Wildman–Crippen LogP) is 5.31. The fourth-order valence-corrected chi connectivity index (χ4v) is 5.63. The number of pyridine rings is 1. The molecule has 2 aromatic heterocycles. The Morgan fingerprint density at radius 3 is 2.75 bits per heavy atom. The van der Waals surface area contributed by atoms with Crippen molar-refractivity contribution < 1.29 is 14.3 Å². The number of hydrogen-bond acceptors (Lipinski definition) is 7. The van der Waals surface area contributed by atoms with Crippen LogP contribution in [0.3, 0.4) is 0 Å². The summed E-state index contributed by atoms with van der Waals surface area (Å²) in [5.74, 6) is 1.15. The second-order valence-electron chi connectivity index (χ2n) is 6.88. The lowest BCUT2D eigenvalue weighted by molar-refractivity contribution is -0.109. The Morgan fingerprint density at radius 1 is 1.36 bits per heavy atom. The third kappa shape index (κ3) is 5.15. The molecule has 0 atom stereocenters. The fraction of sp³-hybridized carbons (Fsp3) is 0.526. The molecule has 1 N–H and O–H groups in total. The van der Waals surface area contributed by atoms with E-state index >= 15 is 0 Å². The van der Waals surface area contributed by atoms with Gasteiger partial charge in [-0.15, -0.1) is 0 Å². The third-order valence-corrected chi connectivity index (χ3v) is 7.73. The highest BCUT2D eigenvalue weighted by Crippen LogP contribution is 2.34. The van der Waals surface area contributed by atoms with Gasteiger partial charge in [0.25, 0.3) is 0 Å². The number of esters is 1. The van der Waals surface area contributed by atoms with Crippen molar-refractivity contribution in [3.8, 4) is 0 Å². The van der Waals surface area contributed by atoms with Gasteiger partial charge >= 0.3 is 5.97 Å². The van der Waals surface area contributed by atoms with Gasteiger partial charge in [-0.2, -0.15) is 0 Å². The first kappa shape index (κ1) is 21.8. The lowest BCUT2D eigenvalue weighted by Gasteiger charge is -2.30. The number of aromatic nitrogens is 2. The normalized spacial score (nSPS) is 19.5. The zero-order valence-electron chi connectivity index (χ0n) is 15.9. The Balaban J connectivity index is 1.79. The zero-order chi connectivity index (χ0) is 20.1. The first-order valence-electron chi connectivity index (χ1n) is 9.39. The molecule has 2 aromatic rings. The first-order chi connectivity index (χ1) is 13.5. The summed E-state index contributed by atoms with van der Waals surface area (Å²) in [5.41, 5.74) is 2.13. The molecule has 0 saturated heterocycles. The van der Waals surface area contributed by atoms with E-state index in [2.05, 4.69) is 31.5 Å². The minimum atomic E-state index is -0.346. The molecule has 0 aliphatic heterocycles. The van der Waals surface area contributed by atoms with E-state index in [9.17, 15) is 9.59 Å². The number of fused-ring (bicyclic) bond motifs is 1. The second kappa shape index (κ2) is 10.2. The third-order valence-electron chi connectivity index (χ3n) is 4.97. The molecule has 0 aromatic carbocycles. The molecule has 1 aliphatic rings.